The largest absolute Gasteiger partial charge is 0.495 e. The topological polar surface area (TPSA) is 41.6 Å². The quantitative estimate of drug-likeness (QED) is 0.877. The summed E-state index contributed by atoms with van der Waals surface area (Å²) in [7, 11) is 1.61. The van der Waals surface area contributed by atoms with E-state index in [4.69, 9.17) is 16.3 Å². The summed E-state index contributed by atoms with van der Waals surface area (Å²) in [5.74, 6) is 0.956. The molecule has 1 aliphatic heterocycles. The third kappa shape index (κ3) is 3.87. The molecule has 20 heavy (non-hydrogen) atoms. The molecule has 0 aliphatic carbocycles. The summed E-state index contributed by atoms with van der Waals surface area (Å²) in [4.78, 5) is 13.5. The molecule has 1 N–H and O–H groups in total. The van der Waals surface area contributed by atoms with Gasteiger partial charge in [-0.25, -0.2) is 0 Å². The lowest BCUT2D eigenvalue weighted by atomic mass is 10.2. The molecule has 2 rings (SSSR count). The maximum Gasteiger partial charge on any atom is 0.222 e. The van der Waals surface area contributed by atoms with Crippen LogP contribution in [0.15, 0.2) is 18.2 Å². The molecule has 4 nitrogen and oxygen atoms in total. The first-order valence-corrected chi connectivity index (χ1v) is 7.31. The average molecular weight is 297 g/mol. The van der Waals surface area contributed by atoms with Crippen LogP contribution < -0.4 is 10.1 Å². The second kappa shape index (κ2) is 6.95. The number of nitrogens with zero attached hydrogens (tertiary/aromatic N) is 1. The van der Waals surface area contributed by atoms with Crippen molar-refractivity contribution in [3.8, 4) is 5.75 Å². The van der Waals surface area contributed by atoms with Gasteiger partial charge in [-0.1, -0.05) is 17.7 Å². The van der Waals surface area contributed by atoms with Gasteiger partial charge in [0.05, 0.1) is 12.1 Å². The Morgan fingerprint density at radius 3 is 2.90 bits per heavy atom. The minimum atomic E-state index is 0.262. The van der Waals surface area contributed by atoms with Crippen LogP contribution in [-0.4, -0.2) is 37.0 Å². The highest BCUT2D eigenvalue weighted by Gasteiger charge is 2.21. The van der Waals surface area contributed by atoms with Gasteiger partial charge in [0, 0.05) is 32.1 Å². The van der Waals surface area contributed by atoms with E-state index in [1.54, 1.807) is 7.11 Å². The first-order chi connectivity index (χ1) is 9.60. The van der Waals surface area contributed by atoms with Crippen molar-refractivity contribution in [2.75, 3.05) is 20.2 Å². The van der Waals surface area contributed by atoms with Gasteiger partial charge in [-0.3, -0.25) is 4.79 Å². The number of amides is 1. The highest BCUT2D eigenvalue weighted by Crippen LogP contribution is 2.24. The highest BCUT2D eigenvalue weighted by atomic mass is 35.5. The minimum absolute atomic E-state index is 0.262. The summed E-state index contributed by atoms with van der Waals surface area (Å²) < 4.78 is 5.13. The molecule has 1 unspecified atom stereocenters. The van der Waals surface area contributed by atoms with E-state index in [1.807, 2.05) is 23.1 Å². The molecule has 0 bridgehead atoms. The van der Waals surface area contributed by atoms with Crippen molar-refractivity contribution in [2.45, 2.75) is 32.4 Å². The van der Waals surface area contributed by atoms with E-state index >= 15 is 0 Å². The normalized spacial score (nSPS) is 16.6. The van der Waals surface area contributed by atoms with Gasteiger partial charge in [-0.05, 0) is 31.0 Å². The van der Waals surface area contributed by atoms with Crippen molar-refractivity contribution in [2.24, 2.45) is 0 Å². The van der Waals surface area contributed by atoms with Gasteiger partial charge in [-0.2, -0.15) is 0 Å². The predicted octanol–water partition coefficient (Wildman–Crippen LogP) is 2.45. The van der Waals surface area contributed by atoms with E-state index in [9.17, 15) is 4.79 Å². The Balaban J connectivity index is 1.82. The molecule has 1 atom stereocenters. The van der Waals surface area contributed by atoms with Crippen LogP contribution in [0.2, 0.25) is 5.02 Å². The SMILES string of the molecule is COc1ccc(CNC(C)CN2CCCC2=O)cc1Cl. The average Bonchev–Trinajstić information content (AvgIpc) is 2.82. The fraction of sp³-hybridized carbons (Fsp3) is 0.533. The van der Waals surface area contributed by atoms with Crippen molar-refractivity contribution >= 4 is 17.5 Å². The van der Waals surface area contributed by atoms with Crippen LogP contribution in [0.4, 0.5) is 0 Å². The molecule has 0 spiro atoms. The molecule has 1 aromatic rings. The Morgan fingerprint density at radius 1 is 1.50 bits per heavy atom. The van der Waals surface area contributed by atoms with Crippen LogP contribution in [-0.2, 0) is 11.3 Å². The number of carbonyl (C=O) groups excluding carboxylic acids is 1. The smallest absolute Gasteiger partial charge is 0.222 e. The first-order valence-electron chi connectivity index (χ1n) is 6.93. The molecule has 0 aromatic heterocycles. The molecular weight excluding hydrogens is 276 g/mol. The molecule has 1 aliphatic rings. The predicted molar refractivity (Wildman–Crippen MR) is 80.1 cm³/mol. The third-order valence-corrected chi connectivity index (χ3v) is 3.83. The molecule has 1 aromatic carbocycles. The van der Waals surface area contributed by atoms with E-state index in [-0.39, 0.29) is 11.9 Å². The zero-order chi connectivity index (χ0) is 14.5. The van der Waals surface area contributed by atoms with Crippen LogP contribution in [0.5, 0.6) is 5.75 Å². The van der Waals surface area contributed by atoms with Crippen molar-refractivity contribution < 1.29 is 9.53 Å². The molecule has 5 heteroatoms. The Labute approximate surface area is 125 Å². The summed E-state index contributed by atoms with van der Waals surface area (Å²) in [6.07, 6.45) is 1.68. The summed E-state index contributed by atoms with van der Waals surface area (Å²) in [6, 6.07) is 6.03. The van der Waals surface area contributed by atoms with Crippen molar-refractivity contribution in [3.63, 3.8) is 0 Å². The van der Waals surface area contributed by atoms with Gasteiger partial charge < -0.3 is 15.0 Å². The molecule has 1 heterocycles. The number of halogens is 1. The highest BCUT2D eigenvalue weighted by molar-refractivity contribution is 6.32. The van der Waals surface area contributed by atoms with Gasteiger partial charge in [0.2, 0.25) is 5.91 Å². The van der Waals surface area contributed by atoms with E-state index in [1.165, 1.54) is 0 Å². The van der Waals surface area contributed by atoms with Crippen molar-refractivity contribution in [1.29, 1.82) is 0 Å². The number of rotatable bonds is 6. The Kier molecular flexibility index (Phi) is 5.26. The van der Waals surface area contributed by atoms with Crippen LogP contribution in [0, 0.1) is 0 Å². The lowest BCUT2D eigenvalue weighted by Gasteiger charge is -2.21. The fourth-order valence-electron chi connectivity index (χ4n) is 2.40. The zero-order valence-electron chi connectivity index (χ0n) is 12.0. The maximum absolute atomic E-state index is 11.6. The Morgan fingerprint density at radius 2 is 2.30 bits per heavy atom. The van der Waals surface area contributed by atoms with E-state index in [2.05, 4.69) is 12.2 Å². The lowest BCUT2D eigenvalue weighted by Crippen LogP contribution is -2.39. The van der Waals surface area contributed by atoms with E-state index in [0.717, 1.165) is 31.6 Å². The monoisotopic (exact) mass is 296 g/mol. The fourth-order valence-corrected chi connectivity index (χ4v) is 2.68. The van der Waals surface area contributed by atoms with E-state index in [0.29, 0.717) is 17.2 Å². The molecular formula is C15H21ClN2O2. The number of likely N-dealkylation sites (tertiary alicyclic amines) is 1. The van der Waals surface area contributed by atoms with Gasteiger partial charge in [0.1, 0.15) is 5.75 Å². The summed E-state index contributed by atoms with van der Waals surface area (Å²) >= 11 is 6.10. The lowest BCUT2D eigenvalue weighted by molar-refractivity contribution is -0.127. The number of hydrogen-bond acceptors (Lipinski definition) is 3. The maximum atomic E-state index is 11.6. The van der Waals surface area contributed by atoms with Crippen molar-refractivity contribution in [1.82, 2.24) is 10.2 Å². The second-order valence-electron chi connectivity index (χ2n) is 5.19. The van der Waals surface area contributed by atoms with Gasteiger partial charge in [0.25, 0.3) is 0 Å². The summed E-state index contributed by atoms with van der Waals surface area (Å²) in [5, 5.41) is 4.04. The molecule has 1 fully saturated rings. The van der Waals surface area contributed by atoms with Crippen LogP contribution >= 0.6 is 11.6 Å². The molecule has 1 amide bonds. The number of carbonyl (C=O) groups is 1. The van der Waals surface area contributed by atoms with Crippen LogP contribution in [0.25, 0.3) is 0 Å². The molecule has 0 radical (unpaired) electrons. The van der Waals surface area contributed by atoms with Crippen LogP contribution in [0.1, 0.15) is 25.3 Å². The molecule has 1 saturated heterocycles. The van der Waals surface area contributed by atoms with E-state index < -0.39 is 0 Å². The number of hydrogen-bond donors (Lipinski definition) is 1. The van der Waals surface area contributed by atoms with Gasteiger partial charge >= 0.3 is 0 Å². The number of nitrogens with one attached hydrogen (secondary N) is 1. The zero-order valence-corrected chi connectivity index (χ0v) is 12.7. The van der Waals surface area contributed by atoms with Gasteiger partial charge in [0.15, 0.2) is 0 Å². The first kappa shape index (κ1) is 15.1. The number of methoxy groups -OCH3 is 1. The number of ether oxygens (including phenoxy) is 1. The van der Waals surface area contributed by atoms with Crippen LogP contribution in [0.3, 0.4) is 0 Å². The Bertz CT molecular complexity index is 479. The standard InChI is InChI=1S/C15H21ClN2O2/c1-11(10-18-7-3-4-15(18)19)17-9-12-5-6-14(20-2)13(16)8-12/h5-6,8,11,17H,3-4,7,9-10H2,1-2H3. The molecule has 110 valence electrons. The van der Waals surface area contributed by atoms with Crippen molar-refractivity contribution in [3.05, 3.63) is 28.8 Å². The Hall–Kier alpha value is -1.26. The van der Waals surface area contributed by atoms with Gasteiger partial charge in [-0.15, -0.1) is 0 Å². The second-order valence-corrected chi connectivity index (χ2v) is 5.60. The third-order valence-electron chi connectivity index (χ3n) is 3.54. The minimum Gasteiger partial charge on any atom is -0.495 e. The summed E-state index contributed by atoms with van der Waals surface area (Å²) in [5.41, 5.74) is 1.11. The number of benzene rings is 1. The summed E-state index contributed by atoms with van der Waals surface area (Å²) in [6.45, 7) is 4.48. The molecule has 0 saturated carbocycles.